The molecule has 0 spiro atoms. The van der Waals surface area contributed by atoms with Gasteiger partial charge in [-0.3, -0.25) is 4.79 Å². The molecule has 5 nitrogen and oxygen atoms in total. The Morgan fingerprint density at radius 1 is 1.16 bits per heavy atom. The number of nitrogens with one attached hydrogen (secondary N) is 1. The van der Waals surface area contributed by atoms with Crippen molar-refractivity contribution in [2.75, 3.05) is 6.61 Å². The third-order valence-corrected chi connectivity index (χ3v) is 3.96. The van der Waals surface area contributed by atoms with E-state index in [4.69, 9.17) is 20.8 Å². The van der Waals surface area contributed by atoms with Crippen molar-refractivity contribution in [1.82, 2.24) is 5.32 Å². The molecule has 0 aliphatic carbocycles. The molecule has 0 saturated carbocycles. The topological polar surface area (TPSA) is 68.5 Å². The van der Waals surface area contributed by atoms with Crippen LogP contribution in [0.25, 0.3) is 11.0 Å². The number of carbonyl (C=O) groups is 2. The van der Waals surface area contributed by atoms with Crippen LogP contribution >= 0.6 is 11.6 Å². The predicted molar refractivity (Wildman–Crippen MR) is 94.5 cm³/mol. The van der Waals surface area contributed by atoms with Gasteiger partial charge in [0.15, 0.2) is 6.61 Å². The quantitative estimate of drug-likeness (QED) is 0.697. The van der Waals surface area contributed by atoms with Crippen LogP contribution in [0, 0.1) is 0 Å². The molecule has 0 bridgehead atoms. The van der Waals surface area contributed by atoms with E-state index in [1.54, 1.807) is 24.3 Å². The molecule has 1 atom stereocenters. The maximum atomic E-state index is 12.0. The van der Waals surface area contributed by atoms with Gasteiger partial charge in [-0.25, -0.2) is 4.79 Å². The molecular weight excluding hydrogens is 342 g/mol. The molecule has 0 radical (unpaired) electrons. The first-order valence-corrected chi connectivity index (χ1v) is 8.11. The molecule has 0 unspecified atom stereocenters. The summed E-state index contributed by atoms with van der Waals surface area (Å²) in [6, 6.07) is 15.8. The molecule has 1 heterocycles. The minimum atomic E-state index is -0.675. The standard InChI is InChI=1S/C19H16ClNO4/c1-12(13-6-8-15(20)9-7-13)21-18(22)11-24-19(23)17-10-14-4-2-3-5-16(14)25-17/h2-10,12H,11H2,1H3,(H,21,22)/t12-/m1/s1. The van der Waals surface area contributed by atoms with E-state index in [-0.39, 0.29) is 18.4 Å². The molecule has 1 amide bonds. The minimum absolute atomic E-state index is 0.0692. The summed E-state index contributed by atoms with van der Waals surface area (Å²) in [6.45, 7) is 1.45. The maximum absolute atomic E-state index is 12.0. The second-order valence-corrected chi connectivity index (χ2v) is 6.00. The molecule has 0 aliphatic heterocycles. The Hall–Kier alpha value is -2.79. The Morgan fingerprint density at radius 3 is 2.60 bits per heavy atom. The first-order valence-electron chi connectivity index (χ1n) is 7.73. The van der Waals surface area contributed by atoms with Crippen molar-refractivity contribution in [3.63, 3.8) is 0 Å². The second-order valence-electron chi connectivity index (χ2n) is 5.57. The van der Waals surface area contributed by atoms with E-state index in [2.05, 4.69) is 5.32 Å². The van der Waals surface area contributed by atoms with E-state index in [1.165, 1.54) is 0 Å². The van der Waals surface area contributed by atoms with Gasteiger partial charge in [0, 0.05) is 10.4 Å². The van der Waals surface area contributed by atoms with Gasteiger partial charge >= 0.3 is 5.97 Å². The molecule has 3 rings (SSSR count). The van der Waals surface area contributed by atoms with E-state index in [1.807, 2.05) is 37.3 Å². The van der Waals surface area contributed by atoms with Crippen molar-refractivity contribution in [3.05, 3.63) is 70.9 Å². The van der Waals surface area contributed by atoms with Crippen molar-refractivity contribution in [1.29, 1.82) is 0 Å². The van der Waals surface area contributed by atoms with Crippen molar-refractivity contribution >= 4 is 34.4 Å². The number of furan rings is 1. The zero-order chi connectivity index (χ0) is 17.8. The van der Waals surface area contributed by atoms with Gasteiger partial charge in [-0.05, 0) is 36.8 Å². The fourth-order valence-electron chi connectivity index (χ4n) is 2.40. The van der Waals surface area contributed by atoms with Crippen LogP contribution in [0.15, 0.2) is 59.0 Å². The summed E-state index contributed by atoms with van der Waals surface area (Å²) in [5, 5.41) is 4.19. The van der Waals surface area contributed by atoms with Gasteiger partial charge in [-0.2, -0.15) is 0 Å². The number of para-hydroxylation sites is 1. The molecule has 1 aromatic heterocycles. The Labute approximate surface area is 149 Å². The van der Waals surface area contributed by atoms with Crippen molar-refractivity contribution in [2.24, 2.45) is 0 Å². The monoisotopic (exact) mass is 357 g/mol. The molecule has 1 N–H and O–H groups in total. The third kappa shape index (κ3) is 4.19. The average Bonchev–Trinajstić information content (AvgIpc) is 3.04. The number of benzene rings is 2. The van der Waals surface area contributed by atoms with Crippen LogP contribution in [-0.2, 0) is 9.53 Å². The number of hydrogen-bond donors (Lipinski definition) is 1. The number of hydrogen-bond acceptors (Lipinski definition) is 4. The van der Waals surface area contributed by atoms with Gasteiger partial charge in [0.1, 0.15) is 5.58 Å². The lowest BCUT2D eigenvalue weighted by atomic mass is 10.1. The number of rotatable bonds is 5. The number of fused-ring (bicyclic) bond motifs is 1. The molecule has 0 saturated heterocycles. The molecule has 0 fully saturated rings. The van der Waals surface area contributed by atoms with E-state index >= 15 is 0 Å². The highest BCUT2D eigenvalue weighted by Crippen LogP contribution is 2.19. The maximum Gasteiger partial charge on any atom is 0.374 e. The van der Waals surface area contributed by atoms with Gasteiger partial charge in [-0.1, -0.05) is 41.9 Å². The lowest BCUT2D eigenvalue weighted by molar-refractivity contribution is -0.124. The summed E-state index contributed by atoms with van der Waals surface area (Å²) in [7, 11) is 0. The Balaban J connectivity index is 1.54. The number of carbonyl (C=O) groups excluding carboxylic acids is 2. The number of halogens is 1. The summed E-state index contributed by atoms with van der Waals surface area (Å²) in [4.78, 5) is 24.0. The van der Waals surface area contributed by atoms with Crippen LogP contribution in [0.5, 0.6) is 0 Å². The highest BCUT2D eigenvalue weighted by molar-refractivity contribution is 6.30. The van der Waals surface area contributed by atoms with Crippen molar-refractivity contribution < 1.29 is 18.7 Å². The molecule has 0 aliphatic rings. The first kappa shape index (κ1) is 17.0. The highest BCUT2D eigenvalue weighted by Gasteiger charge is 2.16. The number of ether oxygens (including phenoxy) is 1. The first-order chi connectivity index (χ1) is 12.0. The summed E-state index contributed by atoms with van der Waals surface area (Å²) in [6.07, 6.45) is 0. The second kappa shape index (κ2) is 7.40. The van der Waals surface area contributed by atoms with Crippen LogP contribution in [-0.4, -0.2) is 18.5 Å². The number of amides is 1. The molecular formula is C19H16ClNO4. The van der Waals surface area contributed by atoms with Crippen LogP contribution in [0.3, 0.4) is 0 Å². The summed E-state index contributed by atoms with van der Waals surface area (Å²) in [5.74, 6) is -1.00. The Kier molecular flexibility index (Phi) is 5.05. The van der Waals surface area contributed by atoms with Gasteiger partial charge in [0.05, 0.1) is 6.04 Å². The van der Waals surface area contributed by atoms with E-state index < -0.39 is 11.9 Å². The Morgan fingerprint density at radius 2 is 1.88 bits per heavy atom. The van der Waals surface area contributed by atoms with E-state index in [9.17, 15) is 9.59 Å². The lowest BCUT2D eigenvalue weighted by Crippen LogP contribution is -2.31. The molecule has 128 valence electrons. The van der Waals surface area contributed by atoms with Gasteiger partial charge in [-0.15, -0.1) is 0 Å². The summed E-state index contributed by atoms with van der Waals surface area (Å²) in [5.41, 5.74) is 1.50. The SMILES string of the molecule is C[C@@H](NC(=O)COC(=O)c1cc2ccccc2o1)c1ccc(Cl)cc1. The van der Waals surface area contributed by atoms with Crippen LogP contribution in [0.2, 0.25) is 5.02 Å². The molecule has 6 heteroatoms. The van der Waals surface area contributed by atoms with Gasteiger partial charge in [0.2, 0.25) is 5.76 Å². The van der Waals surface area contributed by atoms with Crippen molar-refractivity contribution in [3.8, 4) is 0 Å². The lowest BCUT2D eigenvalue weighted by Gasteiger charge is -2.14. The van der Waals surface area contributed by atoms with Crippen LogP contribution in [0.1, 0.15) is 29.1 Å². The smallest absolute Gasteiger partial charge is 0.374 e. The third-order valence-electron chi connectivity index (χ3n) is 3.71. The van der Waals surface area contributed by atoms with Crippen LogP contribution in [0.4, 0.5) is 0 Å². The Bertz CT molecular complexity index is 868. The van der Waals surface area contributed by atoms with E-state index in [0.29, 0.717) is 10.6 Å². The fraction of sp³-hybridized carbons (Fsp3) is 0.158. The zero-order valence-electron chi connectivity index (χ0n) is 13.5. The predicted octanol–water partition coefficient (Wildman–Crippen LogP) is 4.12. The largest absolute Gasteiger partial charge is 0.450 e. The highest BCUT2D eigenvalue weighted by atomic mass is 35.5. The molecule has 2 aromatic carbocycles. The van der Waals surface area contributed by atoms with Crippen molar-refractivity contribution in [2.45, 2.75) is 13.0 Å². The molecule has 25 heavy (non-hydrogen) atoms. The van der Waals surface area contributed by atoms with Gasteiger partial charge < -0.3 is 14.5 Å². The zero-order valence-corrected chi connectivity index (χ0v) is 14.2. The molecule has 3 aromatic rings. The van der Waals surface area contributed by atoms with Gasteiger partial charge in [0.25, 0.3) is 5.91 Å². The summed E-state index contributed by atoms with van der Waals surface area (Å²) < 4.78 is 10.4. The van der Waals surface area contributed by atoms with Crippen LogP contribution < -0.4 is 5.32 Å². The fourth-order valence-corrected chi connectivity index (χ4v) is 2.53. The van der Waals surface area contributed by atoms with E-state index in [0.717, 1.165) is 10.9 Å². The normalized spacial score (nSPS) is 11.9. The summed E-state index contributed by atoms with van der Waals surface area (Å²) >= 11 is 5.84. The number of esters is 1. The minimum Gasteiger partial charge on any atom is -0.450 e. The average molecular weight is 358 g/mol.